The third kappa shape index (κ3) is 3.98. The van der Waals surface area contributed by atoms with E-state index >= 15 is 0 Å². The number of H-pyrrole nitrogens is 1. The molecule has 0 aliphatic heterocycles. The van der Waals surface area contributed by atoms with Crippen LogP contribution in [0.25, 0.3) is 11.1 Å². The van der Waals surface area contributed by atoms with Crippen molar-refractivity contribution in [1.82, 2.24) is 4.98 Å². The lowest BCUT2D eigenvalue weighted by atomic mass is 10.0. The van der Waals surface area contributed by atoms with Crippen molar-refractivity contribution in [3.05, 3.63) is 41.0 Å². The van der Waals surface area contributed by atoms with Gasteiger partial charge in [-0.3, -0.25) is 9.36 Å². The van der Waals surface area contributed by atoms with Crippen LogP contribution in [0.4, 0.5) is 0 Å². The standard InChI is InChI=1S/C17H21ClNO4P/c1-4-15(20)17-14(12-7-9-13(18)10-8-12)11-16(19-17)24(21,22-5-2)23-6-3/h7-11,19H,4-6H2,1-3H3. The van der Waals surface area contributed by atoms with Crippen LogP contribution in [0.2, 0.25) is 5.02 Å². The Hall–Kier alpha value is -1.39. The van der Waals surface area contributed by atoms with Gasteiger partial charge in [-0.25, -0.2) is 0 Å². The molecule has 0 aliphatic rings. The van der Waals surface area contributed by atoms with Gasteiger partial charge in [-0.2, -0.15) is 0 Å². The summed E-state index contributed by atoms with van der Waals surface area (Å²) in [6.45, 7) is 5.74. The second-order valence-corrected chi connectivity index (χ2v) is 7.49. The lowest BCUT2D eigenvalue weighted by Crippen LogP contribution is -2.12. The highest BCUT2D eigenvalue weighted by molar-refractivity contribution is 7.61. The highest BCUT2D eigenvalue weighted by Gasteiger charge is 2.31. The van der Waals surface area contributed by atoms with Crippen molar-refractivity contribution in [2.24, 2.45) is 0 Å². The van der Waals surface area contributed by atoms with Gasteiger partial charge in [-0.15, -0.1) is 0 Å². The van der Waals surface area contributed by atoms with E-state index in [4.69, 9.17) is 20.6 Å². The fraction of sp³-hybridized carbons (Fsp3) is 0.353. The van der Waals surface area contributed by atoms with Crippen LogP contribution in [0.15, 0.2) is 30.3 Å². The molecule has 1 heterocycles. The lowest BCUT2D eigenvalue weighted by molar-refractivity contribution is 0.0985. The van der Waals surface area contributed by atoms with Crippen molar-refractivity contribution < 1.29 is 18.4 Å². The van der Waals surface area contributed by atoms with E-state index in [0.29, 0.717) is 22.7 Å². The van der Waals surface area contributed by atoms with Crippen LogP contribution in [0.3, 0.4) is 0 Å². The molecule has 2 rings (SSSR count). The molecule has 0 amide bonds. The molecule has 0 unspecified atom stereocenters. The molecule has 0 spiro atoms. The first-order valence-electron chi connectivity index (χ1n) is 7.87. The molecule has 2 aromatic rings. The van der Waals surface area contributed by atoms with Crippen molar-refractivity contribution in [2.45, 2.75) is 27.2 Å². The van der Waals surface area contributed by atoms with E-state index in [1.165, 1.54) is 0 Å². The van der Waals surface area contributed by atoms with Gasteiger partial charge in [-0.05, 0) is 37.6 Å². The maximum Gasteiger partial charge on any atom is 0.377 e. The van der Waals surface area contributed by atoms with Gasteiger partial charge in [0.2, 0.25) is 0 Å². The van der Waals surface area contributed by atoms with Gasteiger partial charge in [0.05, 0.1) is 18.9 Å². The van der Waals surface area contributed by atoms with E-state index in [2.05, 4.69) is 4.98 Å². The Morgan fingerprint density at radius 3 is 2.21 bits per heavy atom. The van der Waals surface area contributed by atoms with Gasteiger partial charge < -0.3 is 14.0 Å². The molecule has 0 saturated carbocycles. The molecule has 0 bridgehead atoms. The van der Waals surface area contributed by atoms with Crippen LogP contribution in [-0.2, 0) is 13.6 Å². The zero-order chi connectivity index (χ0) is 17.7. The number of carbonyl (C=O) groups is 1. The Morgan fingerprint density at radius 2 is 1.71 bits per heavy atom. The summed E-state index contributed by atoms with van der Waals surface area (Å²) < 4.78 is 23.7. The first-order valence-corrected chi connectivity index (χ1v) is 9.79. The highest BCUT2D eigenvalue weighted by atomic mass is 35.5. The van der Waals surface area contributed by atoms with Crippen LogP contribution in [0.5, 0.6) is 0 Å². The zero-order valence-electron chi connectivity index (χ0n) is 14.0. The van der Waals surface area contributed by atoms with E-state index < -0.39 is 7.60 Å². The summed E-state index contributed by atoms with van der Waals surface area (Å²) in [6, 6.07) is 8.78. The molecule has 0 atom stereocenters. The van der Waals surface area contributed by atoms with E-state index in [-0.39, 0.29) is 24.4 Å². The van der Waals surface area contributed by atoms with Gasteiger partial charge in [0, 0.05) is 17.0 Å². The molecule has 1 aromatic heterocycles. The second kappa shape index (κ2) is 8.13. The zero-order valence-corrected chi connectivity index (χ0v) is 15.6. The molecule has 0 saturated heterocycles. The van der Waals surface area contributed by atoms with E-state index in [9.17, 15) is 9.36 Å². The fourth-order valence-electron chi connectivity index (χ4n) is 2.36. The largest absolute Gasteiger partial charge is 0.377 e. The molecule has 5 nitrogen and oxygen atoms in total. The molecular weight excluding hydrogens is 349 g/mol. The highest BCUT2D eigenvalue weighted by Crippen LogP contribution is 2.47. The molecule has 130 valence electrons. The summed E-state index contributed by atoms with van der Waals surface area (Å²) in [7, 11) is -3.49. The van der Waals surface area contributed by atoms with Gasteiger partial charge in [0.1, 0.15) is 5.44 Å². The summed E-state index contributed by atoms with van der Waals surface area (Å²) in [6.07, 6.45) is 0.327. The summed E-state index contributed by atoms with van der Waals surface area (Å²) in [5.74, 6) is -0.0780. The predicted molar refractivity (Wildman–Crippen MR) is 96.4 cm³/mol. The van der Waals surface area contributed by atoms with Crippen molar-refractivity contribution >= 4 is 30.4 Å². The van der Waals surface area contributed by atoms with Crippen LogP contribution >= 0.6 is 19.2 Å². The molecule has 1 N–H and O–H groups in total. The smallest absolute Gasteiger partial charge is 0.345 e. The molecule has 7 heteroatoms. The number of aromatic amines is 1. The van der Waals surface area contributed by atoms with Gasteiger partial charge in [0.25, 0.3) is 0 Å². The Morgan fingerprint density at radius 1 is 1.12 bits per heavy atom. The number of ketones is 1. The normalized spacial score (nSPS) is 11.7. The van der Waals surface area contributed by atoms with Gasteiger partial charge in [0.15, 0.2) is 5.78 Å². The van der Waals surface area contributed by atoms with Crippen molar-refractivity contribution in [1.29, 1.82) is 0 Å². The van der Waals surface area contributed by atoms with Crippen molar-refractivity contribution in [3.63, 3.8) is 0 Å². The predicted octanol–water partition coefficient (Wildman–Crippen LogP) is 4.82. The van der Waals surface area contributed by atoms with Crippen LogP contribution in [0.1, 0.15) is 37.7 Å². The Balaban J connectivity index is 2.58. The number of halogens is 1. The third-order valence-corrected chi connectivity index (χ3v) is 5.73. The van der Waals surface area contributed by atoms with E-state index in [0.717, 1.165) is 5.56 Å². The first kappa shape index (κ1) is 18.9. The molecular formula is C17H21ClNO4P. The molecule has 0 radical (unpaired) electrons. The second-order valence-electron chi connectivity index (χ2n) is 5.06. The summed E-state index contributed by atoms with van der Waals surface area (Å²) >= 11 is 5.93. The number of rotatable bonds is 8. The lowest BCUT2D eigenvalue weighted by Gasteiger charge is -2.15. The quantitative estimate of drug-likeness (QED) is 0.535. The van der Waals surface area contributed by atoms with E-state index in [1.54, 1.807) is 39.0 Å². The minimum absolute atomic E-state index is 0.0780. The number of carbonyl (C=O) groups excluding carboxylic acids is 1. The Labute approximate surface area is 146 Å². The van der Waals surface area contributed by atoms with Gasteiger partial charge in [-0.1, -0.05) is 30.7 Å². The Kier molecular flexibility index (Phi) is 6.41. The number of Topliss-reactive ketones (excluding diaryl/α,β-unsaturated/α-hetero) is 1. The van der Waals surface area contributed by atoms with Crippen molar-refractivity contribution in [3.8, 4) is 11.1 Å². The van der Waals surface area contributed by atoms with Gasteiger partial charge >= 0.3 is 7.60 Å². The minimum atomic E-state index is -3.49. The summed E-state index contributed by atoms with van der Waals surface area (Å²) in [4.78, 5) is 15.3. The maximum atomic E-state index is 13.0. The SMILES string of the molecule is CCOP(=O)(OCC)c1cc(-c2ccc(Cl)cc2)c(C(=O)CC)[nH]1. The van der Waals surface area contributed by atoms with Crippen LogP contribution in [0, 0.1) is 0 Å². The van der Waals surface area contributed by atoms with Crippen LogP contribution < -0.4 is 5.44 Å². The Bertz CT molecular complexity index is 744. The average Bonchev–Trinajstić information content (AvgIpc) is 3.01. The summed E-state index contributed by atoms with van der Waals surface area (Å²) in [5, 5.41) is 0.604. The first-order chi connectivity index (χ1) is 11.4. The molecule has 24 heavy (non-hydrogen) atoms. The molecule has 0 aliphatic carbocycles. The molecule has 1 aromatic carbocycles. The molecule has 0 fully saturated rings. The topological polar surface area (TPSA) is 68.4 Å². The van der Waals surface area contributed by atoms with E-state index in [1.807, 2.05) is 12.1 Å². The van der Waals surface area contributed by atoms with Crippen LogP contribution in [-0.4, -0.2) is 24.0 Å². The van der Waals surface area contributed by atoms with Crippen molar-refractivity contribution in [2.75, 3.05) is 13.2 Å². The fourth-order valence-corrected chi connectivity index (χ4v) is 4.05. The number of nitrogens with one attached hydrogen (secondary N) is 1. The minimum Gasteiger partial charge on any atom is -0.345 e. The third-order valence-electron chi connectivity index (χ3n) is 3.45. The summed E-state index contributed by atoms with van der Waals surface area (Å²) in [5.41, 5.74) is 2.15. The number of hydrogen-bond donors (Lipinski definition) is 1. The maximum absolute atomic E-state index is 13.0. The number of hydrogen-bond acceptors (Lipinski definition) is 4. The number of aromatic nitrogens is 1. The average molecular weight is 370 g/mol. The monoisotopic (exact) mass is 369 g/mol. The number of benzene rings is 1.